The van der Waals surface area contributed by atoms with Crippen molar-refractivity contribution in [2.24, 2.45) is 0 Å². The molecule has 0 aliphatic carbocycles. The number of halogens is 3. The minimum atomic E-state index is 0.647. The Balaban J connectivity index is 1.92. The number of rotatable bonds is 3. The Morgan fingerprint density at radius 2 is 1.95 bits per heavy atom. The standard InChI is InChI=1S/C16H11BrCl2N2/c17-13-4-3-11(18)8-10(13)9-21-15-6-5-14(19)12-2-1-7-20-16(12)15/h1-8,21H,9H2. The maximum Gasteiger partial charge on any atom is 0.0948 e. The highest BCUT2D eigenvalue weighted by molar-refractivity contribution is 9.10. The number of aromatic nitrogens is 1. The number of pyridine rings is 1. The summed E-state index contributed by atoms with van der Waals surface area (Å²) in [6.07, 6.45) is 1.76. The van der Waals surface area contributed by atoms with Crippen LogP contribution in [-0.4, -0.2) is 4.98 Å². The Hall–Kier alpha value is -1.29. The van der Waals surface area contributed by atoms with E-state index >= 15 is 0 Å². The lowest BCUT2D eigenvalue weighted by molar-refractivity contribution is 1.14. The van der Waals surface area contributed by atoms with Gasteiger partial charge in [-0.2, -0.15) is 0 Å². The molecular formula is C16H11BrCl2N2. The van der Waals surface area contributed by atoms with Gasteiger partial charge >= 0.3 is 0 Å². The minimum absolute atomic E-state index is 0.647. The van der Waals surface area contributed by atoms with Crippen LogP contribution in [0.1, 0.15) is 5.56 Å². The molecule has 21 heavy (non-hydrogen) atoms. The second kappa shape index (κ2) is 6.22. The van der Waals surface area contributed by atoms with Crippen molar-refractivity contribution in [2.75, 3.05) is 5.32 Å². The molecule has 2 aromatic carbocycles. The molecule has 1 N–H and O–H groups in total. The molecule has 3 aromatic rings. The fourth-order valence-electron chi connectivity index (χ4n) is 2.15. The zero-order valence-electron chi connectivity index (χ0n) is 10.9. The maximum absolute atomic E-state index is 6.20. The van der Waals surface area contributed by atoms with Crippen LogP contribution in [-0.2, 0) is 6.54 Å². The van der Waals surface area contributed by atoms with Crippen molar-refractivity contribution in [2.45, 2.75) is 6.54 Å². The van der Waals surface area contributed by atoms with Crippen LogP contribution in [0.5, 0.6) is 0 Å². The fourth-order valence-corrected chi connectivity index (χ4v) is 2.95. The number of benzene rings is 2. The van der Waals surface area contributed by atoms with Gasteiger partial charge in [0.1, 0.15) is 0 Å². The van der Waals surface area contributed by atoms with Crippen molar-refractivity contribution in [1.29, 1.82) is 0 Å². The summed E-state index contributed by atoms with van der Waals surface area (Å²) in [7, 11) is 0. The molecule has 0 saturated heterocycles. The lowest BCUT2D eigenvalue weighted by atomic mass is 10.1. The van der Waals surface area contributed by atoms with Gasteiger partial charge < -0.3 is 5.32 Å². The summed E-state index contributed by atoms with van der Waals surface area (Å²) in [5.74, 6) is 0. The van der Waals surface area contributed by atoms with E-state index in [1.807, 2.05) is 42.5 Å². The third-order valence-electron chi connectivity index (χ3n) is 3.19. The second-order valence-corrected chi connectivity index (χ2v) is 6.28. The van der Waals surface area contributed by atoms with Gasteiger partial charge in [0.15, 0.2) is 0 Å². The van der Waals surface area contributed by atoms with Crippen LogP contribution in [0.25, 0.3) is 10.9 Å². The van der Waals surface area contributed by atoms with E-state index < -0.39 is 0 Å². The average Bonchev–Trinajstić information content (AvgIpc) is 2.50. The summed E-state index contributed by atoms with van der Waals surface area (Å²) in [4.78, 5) is 4.41. The summed E-state index contributed by atoms with van der Waals surface area (Å²) >= 11 is 15.8. The number of anilines is 1. The zero-order chi connectivity index (χ0) is 14.8. The summed E-state index contributed by atoms with van der Waals surface area (Å²) in [6, 6.07) is 13.4. The number of fused-ring (bicyclic) bond motifs is 1. The first-order valence-corrected chi connectivity index (χ1v) is 7.91. The molecule has 0 unspecified atom stereocenters. The van der Waals surface area contributed by atoms with Gasteiger partial charge in [-0.05, 0) is 48.0 Å². The first-order chi connectivity index (χ1) is 10.1. The number of hydrogen-bond donors (Lipinski definition) is 1. The first kappa shape index (κ1) is 14.6. The SMILES string of the molecule is Clc1ccc(Br)c(CNc2ccc(Cl)c3cccnc23)c1. The van der Waals surface area contributed by atoms with Crippen LogP contribution in [0.2, 0.25) is 10.0 Å². The molecule has 3 rings (SSSR count). The van der Waals surface area contributed by atoms with Gasteiger partial charge in [-0.15, -0.1) is 0 Å². The van der Waals surface area contributed by atoms with Crippen molar-refractivity contribution in [3.63, 3.8) is 0 Å². The van der Waals surface area contributed by atoms with Crippen molar-refractivity contribution in [3.8, 4) is 0 Å². The van der Waals surface area contributed by atoms with Crippen LogP contribution in [0.3, 0.4) is 0 Å². The summed E-state index contributed by atoms with van der Waals surface area (Å²) in [6.45, 7) is 0.647. The van der Waals surface area contributed by atoms with E-state index in [0.29, 0.717) is 16.6 Å². The van der Waals surface area contributed by atoms with Crippen LogP contribution in [0, 0.1) is 0 Å². The molecule has 0 aliphatic rings. The predicted molar refractivity (Wildman–Crippen MR) is 93.2 cm³/mol. The van der Waals surface area contributed by atoms with Gasteiger partial charge in [-0.1, -0.05) is 39.1 Å². The fraction of sp³-hybridized carbons (Fsp3) is 0.0625. The minimum Gasteiger partial charge on any atom is -0.379 e. The molecule has 5 heteroatoms. The highest BCUT2D eigenvalue weighted by Crippen LogP contribution is 2.29. The monoisotopic (exact) mass is 380 g/mol. The highest BCUT2D eigenvalue weighted by atomic mass is 79.9. The van der Waals surface area contributed by atoms with Crippen molar-refractivity contribution >= 4 is 55.7 Å². The molecule has 0 radical (unpaired) electrons. The smallest absolute Gasteiger partial charge is 0.0948 e. The van der Waals surface area contributed by atoms with Gasteiger partial charge in [0.25, 0.3) is 0 Å². The van der Waals surface area contributed by atoms with Gasteiger partial charge in [0, 0.05) is 27.6 Å². The molecule has 1 heterocycles. The Bertz CT molecular complexity index is 805. The van der Waals surface area contributed by atoms with Gasteiger partial charge in [-0.3, -0.25) is 4.98 Å². The van der Waals surface area contributed by atoms with E-state index in [2.05, 4.69) is 26.2 Å². The molecule has 1 aromatic heterocycles. The summed E-state index contributed by atoms with van der Waals surface area (Å²) < 4.78 is 1.02. The topological polar surface area (TPSA) is 24.9 Å². The third kappa shape index (κ3) is 3.15. The van der Waals surface area contributed by atoms with E-state index in [9.17, 15) is 0 Å². The van der Waals surface area contributed by atoms with E-state index in [0.717, 1.165) is 26.6 Å². The van der Waals surface area contributed by atoms with Gasteiger partial charge in [0.2, 0.25) is 0 Å². The Kier molecular flexibility index (Phi) is 4.34. The summed E-state index contributed by atoms with van der Waals surface area (Å²) in [5.41, 5.74) is 2.89. The predicted octanol–water partition coefficient (Wildman–Crippen LogP) is 5.92. The van der Waals surface area contributed by atoms with Crippen LogP contribution >= 0.6 is 39.1 Å². The molecule has 0 aliphatic heterocycles. The second-order valence-electron chi connectivity index (χ2n) is 4.58. The van der Waals surface area contributed by atoms with E-state index in [1.165, 1.54) is 0 Å². The zero-order valence-corrected chi connectivity index (χ0v) is 14.0. The molecule has 0 amide bonds. The van der Waals surface area contributed by atoms with Gasteiger partial charge in [-0.25, -0.2) is 0 Å². The number of hydrogen-bond acceptors (Lipinski definition) is 2. The molecule has 0 saturated carbocycles. The van der Waals surface area contributed by atoms with Crippen molar-refractivity contribution < 1.29 is 0 Å². The normalized spacial score (nSPS) is 10.8. The lowest BCUT2D eigenvalue weighted by Crippen LogP contribution is -2.01. The molecule has 2 nitrogen and oxygen atoms in total. The molecular weight excluding hydrogens is 371 g/mol. The van der Waals surface area contributed by atoms with Crippen molar-refractivity contribution in [3.05, 3.63) is 68.7 Å². The van der Waals surface area contributed by atoms with Crippen LogP contribution in [0.15, 0.2) is 53.1 Å². The quantitative estimate of drug-likeness (QED) is 0.609. The van der Waals surface area contributed by atoms with Crippen LogP contribution < -0.4 is 5.32 Å². The van der Waals surface area contributed by atoms with E-state index in [1.54, 1.807) is 6.20 Å². The van der Waals surface area contributed by atoms with Crippen LogP contribution in [0.4, 0.5) is 5.69 Å². The summed E-state index contributed by atoms with van der Waals surface area (Å²) in [5, 5.41) is 5.75. The van der Waals surface area contributed by atoms with Crippen molar-refractivity contribution in [1.82, 2.24) is 4.98 Å². The Morgan fingerprint density at radius 1 is 1.10 bits per heavy atom. The number of nitrogens with one attached hydrogen (secondary N) is 1. The molecule has 0 spiro atoms. The molecule has 0 bridgehead atoms. The molecule has 0 fully saturated rings. The lowest BCUT2D eigenvalue weighted by Gasteiger charge is -2.11. The van der Waals surface area contributed by atoms with E-state index in [4.69, 9.17) is 23.2 Å². The highest BCUT2D eigenvalue weighted by Gasteiger charge is 2.07. The molecule has 0 atom stereocenters. The largest absolute Gasteiger partial charge is 0.379 e. The first-order valence-electron chi connectivity index (χ1n) is 6.36. The molecule has 106 valence electrons. The van der Waals surface area contributed by atoms with E-state index in [-0.39, 0.29) is 0 Å². The third-order valence-corrected chi connectivity index (χ3v) is 4.53. The number of nitrogens with zero attached hydrogens (tertiary/aromatic N) is 1. The average molecular weight is 382 g/mol. The Labute approximate surface area is 141 Å². The van der Waals surface area contributed by atoms with Gasteiger partial charge in [0.05, 0.1) is 16.2 Å². The Morgan fingerprint density at radius 3 is 2.81 bits per heavy atom. The maximum atomic E-state index is 6.20.